The van der Waals surface area contributed by atoms with Crippen LogP contribution in [-0.2, 0) is 0 Å². The highest BCUT2D eigenvalue weighted by molar-refractivity contribution is 5.37. The molecule has 0 fully saturated rings. The Kier molecular flexibility index (Phi) is 2.18. The van der Waals surface area contributed by atoms with Gasteiger partial charge in [0.15, 0.2) is 0 Å². The molecular formula is C10H14O. The number of aromatic hydroxyl groups is 1. The summed E-state index contributed by atoms with van der Waals surface area (Å²) in [6, 6.07) is 5.70. The van der Waals surface area contributed by atoms with Crippen molar-refractivity contribution in [3.63, 3.8) is 0 Å². The number of phenolic OH excluding ortho intramolecular Hbond substituents is 1. The van der Waals surface area contributed by atoms with E-state index in [2.05, 4.69) is 13.8 Å². The first-order valence-electron chi connectivity index (χ1n) is 3.91. The lowest BCUT2D eigenvalue weighted by Gasteiger charge is -2.08. The van der Waals surface area contributed by atoms with Gasteiger partial charge in [-0.15, -0.1) is 0 Å². The highest BCUT2D eigenvalue weighted by Gasteiger charge is 2.04. The van der Waals surface area contributed by atoms with Gasteiger partial charge in [0.25, 0.3) is 0 Å². The molecule has 0 aromatic heterocycles. The van der Waals surface area contributed by atoms with Gasteiger partial charge in [0.2, 0.25) is 0 Å². The molecule has 1 nitrogen and oxygen atoms in total. The van der Waals surface area contributed by atoms with Crippen LogP contribution in [0, 0.1) is 6.92 Å². The van der Waals surface area contributed by atoms with Crippen molar-refractivity contribution in [1.29, 1.82) is 0 Å². The number of hydrogen-bond donors (Lipinski definition) is 1. The Bertz CT molecular complexity index is 251. The first-order valence-corrected chi connectivity index (χ1v) is 3.91. The predicted molar refractivity (Wildman–Crippen MR) is 46.9 cm³/mol. The zero-order valence-electron chi connectivity index (χ0n) is 7.26. The summed E-state index contributed by atoms with van der Waals surface area (Å²) in [6.07, 6.45) is 0. The SMILES string of the molecule is Cc1ccc(O)c(C(C)C)c1. The second-order valence-corrected chi connectivity index (χ2v) is 3.22. The molecule has 0 spiro atoms. The molecule has 0 atom stereocenters. The Hall–Kier alpha value is -0.980. The van der Waals surface area contributed by atoms with E-state index in [1.54, 1.807) is 6.07 Å². The normalized spacial score (nSPS) is 10.5. The van der Waals surface area contributed by atoms with E-state index in [1.165, 1.54) is 5.56 Å². The van der Waals surface area contributed by atoms with Crippen molar-refractivity contribution in [1.82, 2.24) is 0 Å². The molecule has 1 aromatic rings. The van der Waals surface area contributed by atoms with Crippen LogP contribution in [0.15, 0.2) is 18.2 Å². The molecule has 0 saturated carbocycles. The fraction of sp³-hybridized carbons (Fsp3) is 0.400. The largest absolute Gasteiger partial charge is 0.508 e. The van der Waals surface area contributed by atoms with Crippen molar-refractivity contribution in [2.45, 2.75) is 26.7 Å². The third-order valence-electron chi connectivity index (χ3n) is 1.81. The zero-order chi connectivity index (χ0) is 8.43. The molecule has 1 heteroatoms. The van der Waals surface area contributed by atoms with E-state index in [4.69, 9.17) is 0 Å². The number of benzene rings is 1. The van der Waals surface area contributed by atoms with E-state index < -0.39 is 0 Å². The fourth-order valence-corrected chi connectivity index (χ4v) is 1.14. The van der Waals surface area contributed by atoms with Crippen LogP contribution in [0.1, 0.15) is 30.9 Å². The van der Waals surface area contributed by atoms with Gasteiger partial charge in [-0.25, -0.2) is 0 Å². The summed E-state index contributed by atoms with van der Waals surface area (Å²) in [4.78, 5) is 0. The number of phenols is 1. The van der Waals surface area contributed by atoms with E-state index in [0.29, 0.717) is 11.7 Å². The molecule has 0 aliphatic rings. The minimum absolute atomic E-state index is 0.398. The van der Waals surface area contributed by atoms with Gasteiger partial charge in [-0.2, -0.15) is 0 Å². The van der Waals surface area contributed by atoms with E-state index in [-0.39, 0.29) is 0 Å². The van der Waals surface area contributed by atoms with Gasteiger partial charge in [-0.3, -0.25) is 0 Å². The molecule has 0 aliphatic heterocycles. The van der Waals surface area contributed by atoms with Crippen LogP contribution in [-0.4, -0.2) is 5.11 Å². The zero-order valence-corrected chi connectivity index (χ0v) is 7.26. The highest BCUT2D eigenvalue weighted by Crippen LogP contribution is 2.25. The Morgan fingerprint density at radius 1 is 1.27 bits per heavy atom. The molecule has 1 rings (SSSR count). The van der Waals surface area contributed by atoms with Crippen molar-refractivity contribution < 1.29 is 5.11 Å². The Morgan fingerprint density at radius 2 is 1.91 bits per heavy atom. The Morgan fingerprint density at radius 3 is 2.36 bits per heavy atom. The summed E-state index contributed by atoms with van der Waals surface area (Å²) in [5.41, 5.74) is 2.23. The van der Waals surface area contributed by atoms with Gasteiger partial charge in [0.1, 0.15) is 5.75 Å². The molecule has 0 radical (unpaired) electrons. The number of rotatable bonds is 1. The quantitative estimate of drug-likeness (QED) is 0.652. The summed E-state index contributed by atoms with van der Waals surface area (Å²) in [5.74, 6) is 0.806. The maximum absolute atomic E-state index is 9.41. The molecule has 11 heavy (non-hydrogen) atoms. The van der Waals surface area contributed by atoms with Crippen molar-refractivity contribution in [2.24, 2.45) is 0 Å². The number of aryl methyl sites for hydroxylation is 1. The molecule has 0 saturated heterocycles. The van der Waals surface area contributed by atoms with E-state index in [9.17, 15) is 5.11 Å². The summed E-state index contributed by atoms with van der Waals surface area (Å²) in [7, 11) is 0. The fourth-order valence-electron chi connectivity index (χ4n) is 1.14. The van der Waals surface area contributed by atoms with Crippen LogP contribution < -0.4 is 0 Å². The van der Waals surface area contributed by atoms with Crippen LogP contribution >= 0.6 is 0 Å². The first-order chi connectivity index (χ1) is 5.11. The average Bonchev–Trinajstić information content (AvgIpc) is 1.94. The average molecular weight is 150 g/mol. The molecule has 1 aromatic carbocycles. The van der Waals surface area contributed by atoms with Crippen molar-refractivity contribution in [2.75, 3.05) is 0 Å². The highest BCUT2D eigenvalue weighted by atomic mass is 16.3. The topological polar surface area (TPSA) is 20.2 Å². The van der Waals surface area contributed by atoms with Crippen LogP contribution in [0.2, 0.25) is 0 Å². The number of hydrogen-bond acceptors (Lipinski definition) is 1. The van der Waals surface area contributed by atoms with Crippen molar-refractivity contribution in [3.05, 3.63) is 29.3 Å². The molecule has 60 valence electrons. The minimum Gasteiger partial charge on any atom is -0.508 e. The molecule has 0 amide bonds. The molecule has 1 N–H and O–H groups in total. The predicted octanol–water partition coefficient (Wildman–Crippen LogP) is 2.82. The van der Waals surface area contributed by atoms with E-state index >= 15 is 0 Å². The van der Waals surface area contributed by atoms with Gasteiger partial charge < -0.3 is 5.11 Å². The lowest BCUT2D eigenvalue weighted by molar-refractivity contribution is 0.464. The van der Waals surface area contributed by atoms with E-state index in [1.807, 2.05) is 19.1 Å². The third kappa shape index (κ3) is 1.73. The summed E-state index contributed by atoms with van der Waals surface area (Å²) in [6.45, 7) is 6.19. The molecule has 0 aliphatic carbocycles. The van der Waals surface area contributed by atoms with Gasteiger partial charge in [-0.05, 0) is 24.5 Å². The van der Waals surface area contributed by atoms with Gasteiger partial charge >= 0.3 is 0 Å². The maximum atomic E-state index is 9.41. The lowest BCUT2D eigenvalue weighted by Crippen LogP contribution is -1.88. The molecule has 0 unspecified atom stereocenters. The lowest BCUT2D eigenvalue weighted by atomic mass is 10.0. The molecular weight excluding hydrogens is 136 g/mol. The summed E-state index contributed by atoms with van der Waals surface area (Å²) < 4.78 is 0. The standard InChI is InChI=1S/C10H14O/c1-7(2)9-6-8(3)4-5-10(9)11/h4-7,11H,1-3H3. The monoisotopic (exact) mass is 150 g/mol. The van der Waals surface area contributed by atoms with Crippen molar-refractivity contribution >= 4 is 0 Å². The van der Waals surface area contributed by atoms with Crippen LogP contribution in [0.5, 0.6) is 5.75 Å². The second-order valence-electron chi connectivity index (χ2n) is 3.22. The van der Waals surface area contributed by atoms with Crippen LogP contribution in [0.3, 0.4) is 0 Å². The molecule has 0 bridgehead atoms. The van der Waals surface area contributed by atoms with Crippen molar-refractivity contribution in [3.8, 4) is 5.75 Å². The minimum atomic E-state index is 0.398. The second kappa shape index (κ2) is 2.95. The maximum Gasteiger partial charge on any atom is 0.119 e. The van der Waals surface area contributed by atoms with Gasteiger partial charge in [0.05, 0.1) is 0 Å². The summed E-state index contributed by atoms with van der Waals surface area (Å²) in [5, 5.41) is 9.41. The van der Waals surface area contributed by atoms with Crippen LogP contribution in [0.4, 0.5) is 0 Å². The van der Waals surface area contributed by atoms with Gasteiger partial charge in [0, 0.05) is 0 Å². The molecule has 0 heterocycles. The van der Waals surface area contributed by atoms with E-state index in [0.717, 1.165) is 5.56 Å². The van der Waals surface area contributed by atoms with Crippen LogP contribution in [0.25, 0.3) is 0 Å². The smallest absolute Gasteiger partial charge is 0.119 e. The third-order valence-corrected chi connectivity index (χ3v) is 1.81. The van der Waals surface area contributed by atoms with Gasteiger partial charge in [-0.1, -0.05) is 31.5 Å². The summed E-state index contributed by atoms with van der Waals surface area (Å²) >= 11 is 0. The first kappa shape index (κ1) is 8.12. The Balaban J connectivity index is 3.13. The Labute approximate surface area is 67.7 Å².